The van der Waals surface area contributed by atoms with Gasteiger partial charge in [-0.25, -0.2) is 4.98 Å². The van der Waals surface area contributed by atoms with Crippen molar-refractivity contribution in [2.24, 2.45) is 5.73 Å². The van der Waals surface area contributed by atoms with Gasteiger partial charge >= 0.3 is 51.4 Å². The van der Waals surface area contributed by atoms with E-state index in [-0.39, 0.29) is 67.9 Å². The second-order valence-electron chi connectivity index (χ2n) is 6.58. The van der Waals surface area contributed by atoms with E-state index in [0.717, 1.165) is 16.7 Å². The topological polar surface area (TPSA) is 146 Å². The van der Waals surface area contributed by atoms with Crippen LogP contribution in [0.4, 0.5) is 0 Å². The number of thiophene rings is 1. The first-order chi connectivity index (χ1) is 14.9. The molecule has 32 heavy (non-hydrogen) atoms. The molecule has 4 heterocycles. The number of rotatable bonds is 7. The Bertz CT molecular complexity index is 1060. The molecule has 3 atom stereocenters. The Labute approximate surface area is 242 Å². The summed E-state index contributed by atoms with van der Waals surface area (Å²) in [5, 5.41) is 19.1. The average Bonchev–Trinajstić information content (AvgIpc) is 3.48. The predicted molar refractivity (Wildman–Crippen MR) is 117 cm³/mol. The first-order valence-electron chi connectivity index (χ1n) is 8.91. The second kappa shape index (κ2) is 11.2. The molecule has 2 aliphatic rings. The molecule has 2 amide bonds. The van der Waals surface area contributed by atoms with Crippen molar-refractivity contribution in [3.8, 4) is 0 Å². The number of carboxylic acids is 1. The molecule has 162 valence electrons. The van der Waals surface area contributed by atoms with Gasteiger partial charge in [0.25, 0.3) is 5.91 Å². The quantitative estimate of drug-likeness (QED) is 0.284. The number of carbonyl (C=O) groups is 4. The SMILES string of the molecule is NC(C(=O)NC1C(=O)N2C(C(=O)[O-])=C(CSC(=O)c3nccs3)CS[C@@H]12)c1ccsc1.[K+]. The molecular formula is C18H15KN4O5S4. The summed E-state index contributed by atoms with van der Waals surface area (Å²) in [4.78, 5) is 54.1. The number of amides is 2. The zero-order valence-corrected chi connectivity index (χ0v) is 23.1. The van der Waals surface area contributed by atoms with E-state index >= 15 is 0 Å². The van der Waals surface area contributed by atoms with Crippen LogP contribution in [0.3, 0.4) is 0 Å². The van der Waals surface area contributed by atoms with Crippen molar-refractivity contribution >= 4 is 69.1 Å². The summed E-state index contributed by atoms with van der Waals surface area (Å²) < 4.78 is 0. The summed E-state index contributed by atoms with van der Waals surface area (Å²) in [5.41, 5.74) is 6.77. The van der Waals surface area contributed by atoms with Gasteiger partial charge in [0.15, 0.2) is 5.01 Å². The summed E-state index contributed by atoms with van der Waals surface area (Å²) in [6.07, 6.45) is 1.52. The van der Waals surface area contributed by atoms with Crippen molar-refractivity contribution in [1.82, 2.24) is 15.2 Å². The van der Waals surface area contributed by atoms with Gasteiger partial charge in [-0.3, -0.25) is 19.3 Å². The van der Waals surface area contributed by atoms with Gasteiger partial charge < -0.3 is 21.0 Å². The number of β-lactam (4-membered cyclic amide) rings is 1. The van der Waals surface area contributed by atoms with Gasteiger partial charge in [0.1, 0.15) is 17.5 Å². The van der Waals surface area contributed by atoms with E-state index in [1.54, 1.807) is 22.2 Å². The maximum Gasteiger partial charge on any atom is 1.00 e. The van der Waals surface area contributed by atoms with E-state index in [9.17, 15) is 24.3 Å². The van der Waals surface area contributed by atoms with E-state index in [1.807, 2.05) is 0 Å². The van der Waals surface area contributed by atoms with Gasteiger partial charge in [-0.15, -0.1) is 23.1 Å². The minimum Gasteiger partial charge on any atom is -0.543 e. The molecule has 0 aliphatic carbocycles. The van der Waals surface area contributed by atoms with Crippen molar-refractivity contribution in [1.29, 1.82) is 0 Å². The van der Waals surface area contributed by atoms with Crippen LogP contribution in [0.15, 0.2) is 39.7 Å². The summed E-state index contributed by atoms with van der Waals surface area (Å²) in [6.45, 7) is 0. The van der Waals surface area contributed by atoms with Crippen LogP contribution < -0.4 is 67.5 Å². The molecule has 0 saturated carbocycles. The first-order valence-corrected chi connectivity index (χ1v) is 12.8. The molecule has 0 radical (unpaired) electrons. The predicted octanol–water partition coefficient (Wildman–Crippen LogP) is -2.81. The standard InChI is InChI=1S/C18H16N4O5S4.K/c19-10(8-1-3-28-5-8)13(23)21-11-15(24)22-12(17(25)26)9(6-30-16(11)22)7-31-18(27)14-20-2-4-29-14;/h1-5,10-11,16H,6-7,19H2,(H,21,23)(H,25,26);/q;+1/p-1/t10?,11?,16-;/m0./s1. The van der Waals surface area contributed by atoms with E-state index in [4.69, 9.17) is 5.73 Å². The van der Waals surface area contributed by atoms with Gasteiger partial charge in [-0.05, 0) is 28.0 Å². The van der Waals surface area contributed by atoms with Crippen LogP contribution in [-0.4, -0.2) is 55.7 Å². The molecule has 2 aliphatic heterocycles. The average molecular weight is 535 g/mol. The Morgan fingerprint density at radius 3 is 2.78 bits per heavy atom. The summed E-state index contributed by atoms with van der Waals surface area (Å²) in [5.74, 6) is -2.15. The van der Waals surface area contributed by atoms with Gasteiger partial charge in [-0.1, -0.05) is 11.8 Å². The molecule has 4 rings (SSSR count). The van der Waals surface area contributed by atoms with Crippen LogP contribution >= 0.6 is 46.2 Å². The minimum atomic E-state index is -1.49. The normalized spacial score (nSPS) is 20.7. The van der Waals surface area contributed by atoms with Crippen molar-refractivity contribution in [3.05, 3.63) is 50.2 Å². The number of aliphatic carboxylic acids is 1. The largest absolute Gasteiger partial charge is 1.00 e. The van der Waals surface area contributed by atoms with Crippen molar-refractivity contribution in [3.63, 3.8) is 0 Å². The molecule has 0 spiro atoms. The van der Waals surface area contributed by atoms with E-state index < -0.39 is 35.2 Å². The fourth-order valence-electron chi connectivity index (χ4n) is 3.17. The molecule has 2 aromatic rings. The van der Waals surface area contributed by atoms with Crippen LogP contribution in [0.25, 0.3) is 0 Å². The number of thiazole rings is 1. The molecule has 3 N–H and O–H groups in total. The number of fused-ring (bicyclic) bond motifs is 1. The molecule has 14 heteroatoms. The number of carboxylic acid groups (broad SMARTS) is 1. The molecule has 1 saturated heterocycles. The zero-order valence-electron chi connectivity index (χ0n) is 16.7. The Morgan fingerprint density at radius 1 is 1.38 bits per heavy atom. The number of aromatic nitrogens is 1. The smallest absolute Gasteiger partial charge is 0.543 e. The second-order valence-corrected chi connectivity index (χ2v) is 10.3. The van der Waals surface area contributed by atoms with Crippen molar-refractivity contribution in [2.75, 3.05) is 11.5 Å². The number of nitrogens with zero attached hydrogens (tertiary/aromatic N) is 2. The number of hydrogen-bond donors (Lipinski definition) is 2. The van der Waals surface area contributed by atoms with Crippen molar-refractivity contribution < 1.29 is 75.7 Å². The maximum atomic E-state index is 12.7. The first kappa shape index (κ1) is 26.1. The number of nitrogens with one attached hydrogen (secondary N) is 1. The minimum absolute atomic E-state index is 0. The van der Waals surface area contributed by atoms with Crippen molar-refractivity contribution in [2.45, 2.75) is 17.5 Å². The van der Waals surface area contributed by atoms with E-state index in [0.29, 0.717) is 21.9 Å². The van der Waals surface area contributed by atoms with Gasteiger partial charge in [0, 0.05) is 23.1 Å². The van der Waals surface area contributed by atoms with Gasteiger partial charge in [-0.2, -0.15) is 11.3 Å². The molecular weight excluding hydrogens is 520 g/mol. The van der Waals surface area contributed by atoms with E-state index in [2.05, 4.69) is 10.3 Å². The van der Waals surface area contributed by atoms with Crippen LogP contribution in [0.5, 0.6) is 0 Å². The van der Waals surface area contributed by atoms with Crippen LogP contribution in [0.1, 0.15) is 21.4 Å². The Morgan fingerprint density at radius 2 is 2.16 bits per heavy atom. The van der Waals surface area contributed by atoms with E-state index in [1.165, 1.54) is 40.6 Å². The molecule has 9 nitrogen and oxygen atoms in total. The van der Waals surface area contributed by atoms with Crippen LogP contribution in [-0.2, 0) is 14.4 Å². The molecule has 1 fully saturated rings. The Hall–Kier alpha value is -0.554. The fourth-order valence-corrected chi connectivity index (χ4v) is 6.85. The summed E-state index contributed by atoms with van der Waals surface area (Å²) >= 11 is 4.85. The third-order valence-corrected chi connectivity index (χ3v) is 8.60. The van der Waals surface area contributed by atoms with Gasteiger partial charge in [0.2, 0.25) is 11.0 Å². The molecule has 2 aromatic heterocycles. The summed E-state index contributed by atoms with van der Waals surface area (Å²) in [7, 11) is 0. The summed E-state index contributed by atoms with van der Waals surface area (Å²) in [6, 6.07) is -0.0584. The Kier molecular flexibility index (Phi) is 9.16. The fraction of sp³-hybridized carbons (Fsp3) is 0.278. The monoisotopic (exact) mass is 534 g/mol. The molecule has 0 bridgehead atoms. The number of thioether (sulfide) groups is 2. The number of carbonyl (C=O) groups excluding carboxylic acids is 4. The molecule has 2 unspecified atom stereocenters. The van der Waals surface area contributed by atoms with Crippen LogP contribution in [0.2, 0.25) is 0 Å². The molecule has 0 aromatic carbocycles. The number of hydrogen-bond acceptors (Lipinski definition) is 11. The Balaban J connectivity index is 0.00000289. The maximum absolute atomic E-state index is 12.7. The third-order valence-electron chi connectivity index (χ3n) is 4.71. The van der Waals surface area contributed by atoms with Gasteiger partial charge in [0.05, 0.1) is 11.7 Å². The third kappa shape index (κ3) is 5.24. The van der Waals surface area contributed by atoms with Crippen LogP contribution in [0, 0.1) is 0 Å². The number of nitrogens with two attached hydrogens (primary N) is 1. The zero-order chi connectivity index (χ0) is 22.1.